The highest BCUT2D eigenvalue weighted by Gasteiger charge is 2.12. The summed E-state index contributed by atoms with van der Waals surface area (Å²) >= 11 is 1.43. The quantitative estimate of drug-likeness (QED) is 0.677. The van der Waals surface area contributed by atoms with Gasteiger partial charge < -0.3 is 0 Å². The first-order valence-electron chi connectivity index (χ1n) is 5.61. The number of thiophene rings is 1. The van der Waals surface area contributed by atoms with Gasteiger partial charge in [0.15, 0.2) is 5.69 Å². The van der Waals surface area contributed by atoms with Gasteiger partial charge in [-0.2, -0.15) is 5.26 Å². The highest BCUT2D eigenvalue weighted by Crippen LogP contribution is 2.35. The Morgan fingerprint density at radius 2 is 2.21 bits per heavy atom. The number of hydrogen-bond donors (Lipinski definition) is 0. The van der Waals surface area contributed by atoms with Gasteiger partial charge in [-0.25, -0.2) is 14.4 Å². The summed E-state index contributed by atoms with van der Waals surface area (Å²) in [6, 6.07) is 8.75. The number of aromatic nitrogens is 2. The van der Waals surface area contributed by atoms with Crippen molar-refractivity contribution >= 4 is 21.4 Å². The standard InChI is InChI=1S/C14H8FN3S/c1-8-17-7-10(12(6-16)18-8)14-5-9-11(15)3-2-4-13(9)19-14/h2-5,7H,1H3. The molecule has 0 aliphatic rings. The van der Waals surface area contributed by atoms with Gasteiger partial charge in [0, 0.05) is 26.7 Å². The average Bonchev–Trinajstić information content (AvgIpc) is 2.83. The van der Waals surface area contributed by atoms with E-state index in [4.69, 9.17) is 5.26 Å². The van der Waals surface area contributed by atoms with Gasteiger partial charge in [-0.3, -0.25) is 0 Å². The summed E-state index contributed by atoms with van der Waals surface area (Å²) in [5.41, 5.74) is 0.966. The third kappa shape index (κ3) is 1.96. The van der Waals surface area contributed by atoms with Crippen LogP contribution in [-0.2, 0) is 0 Å². The Morgan fingerprint density at radius 3 is 2.95 bits per heavy atom. The number of nitrogens with zero attached hydrogens (tertiary/aromatic N) is 3. The Balaban J connectivity index is 2.25. The molecule has 0 fully saturated rings. The Kier molecular flexibility index (Phi) is 2.73. The summed E-state index contributed by atoms with van der Waals surface area (Å²) in [5.74, 6) is 0.291. The minimum atomic E-state index is -0.258. The summed E-state index contributed by atoms with van der Waals surface area (Å²) in [4.78, 5) is 9.01. The molecule has 5 heteroatoms. The topological polar surface area (TPSA) is 49.6 Å². The maximum atomic E-state index is 13.7. The highest BCUT2D eigenvalue weighted by molar-refractivity contribution is 7.22. The third-order valence-electron chi connectivity index (χ3n) is 2.79. The zero-order valence-corrected chi connectivity index (χ0v) is 10.8. The van der Waals surface area contributed by atoms with Crippen LogP contribution in [0.15, 0.2) is 30.5 Å². The SMILES string of the molecule is Cc1ncc(-c2cc3c(F)cccc3s2)c(C#N)n1. The van der Waals surface area contributed by atoms with Gasteiger partial charge in [0.2, 0.25) is 0 Å². The van der Waals surface area contributed by atoms with E-state index in [-0.39, 0.29) is 5.82 Å². The van der Waals surface area contributed by atoms with Gasteiger partial charge in [-0.05, 0) is 25.1 Å². The average molecular weight is 269 g/mol. The summed E-state index contributed by atoms with van der Waals surface area (Å²) in [6.07, 6.45) is 1.61. The number of hydrogen-bond acceptors (Lipinski definition) is 4. The Bertz CT molecular complexity index is 817. The van der Waals surface area contributed by atoms with Crippen molar-refractivity contribution in [3.8, 4) is 16.5 Å². The van der Waals surface area contributed by atoms with Crippen LogP contribution in [0.25, 0.3) is 20.5 Å². The lowest BCUT2D eigenvalue weighted by Gasteiger charge is -1.99. The molecule has 0 bridgehead atoms. The van der Waals surface area contributed by atoms with Crippen LogP contribution in [0.2, 0.25) is 0 Å². The molecular weight excluding hydrogens is 261 g/mol. The van der Waals surface area contributed by atoms with Gasteiger partial charge in [0.1, 0.15) is 17.7 Å². The molecule has 19 heavy (non-hydrogen) atoms. The fourth-order valence-electron chi connectivity index (χ4n) is 1.89. The van der Waals surface area contributed by atoms with Crippen LogP contribution in [0.3, 0.4) is 0 Å². The smallest absolute Gasteiger partial charge is 0.152 e. The molecule has 3 nitrogen and oxygen atoms in total. The van der Waals surface area contributed by atoms with Gasteiger partial charge >= 0.3 is 0 Å². The molecule has 0 N–H and O–H groups in total. The minimum absolute atomic E-state index is 0.258. The predicted octanol–water partition coefficient (Wildman–Crippen LogP) is 3.68. The monoisotopic (exact) mass is 269 g/mol. The number of benzene rings is 1. The number of aryl methyl sites for hydroxylation is 1. The second-order valence-corrected chi connectivity index (χ2v) is 5.14. The molecule has 3 rings (SSSR count). The molecule has 0 saturated heterocycles. The molecule has 2 heterocycles. The lowest BCUT2D eigenvalue weighted by atomic mass is 10.1. The van der Waals surface area contributed by atoms with E-state index in [1.165, 1.54) is 17.4 Å². The van der Waals surface area contributed by atoms with Crippen molar-refractivity contribution in [1.29, 1.82) is 5.26 Å². The first-order chi connectivity index (χ1) is 9.19. The van der Waals surface area contributed by atoms with E-state index in [1.807, 2.05) is 6.07 Å². The zero-order chi connectivity index (χ0) is 13.4. The molecule has 0 amide bonds. The van der Waals surface area contributed by atoms with Crippen LogP contribution in [0.4, 0.5) is 4.39 Å². The summed E-state index contributed by atoms with van der Waals surface area (Å²) < 4.78 is 14.5. The van der Waals surface area contributed by atoms with E-state index < -0.39 is 0 Å². The lowest BCUT2D eigenvalue weighted by molar-refractivity contribution is 0.640. The number of halogens is 1. The van der Waals surface area contributed by atoms with E-state index >= 15 is 0 Å². The second-order valence-electron chi connectivity index (χ2n) is 4.05. The Hall–Kier alpha value is -2.32. The van der Waals surface area contributed by atoms with E-state index in [2.05, 4.69) is 16.0 Å². The first-order valence-corrected chi connectivity index (χ1v) is 6.43. The van der Waals surface area contributed by atoms with Crippen molar-refractivity contribution in [2.24, 2.45) is 0 Å². The summed E-state index contributed by atoms with van der Waals surface area (Å²) in [7, 11) is 0. The van der Waals surface area contributed by atoms with Crippen molar-refractivity contribution in [3.63, 3.8) is 0 Å². The molecule has 0 saturated carbocycles. The fraction of sp³-hybridized carbons (Fsp3) is 0.0714. The number of rotatable bonds is 1. The van der Waals surface area contributed by atoms with E-state index in [9.17, 15) is 4.39 Å². The maximum absolute atomic E-state index is 13.7. The second kappa shape index (κ2) is 4.41. The van der Waals surface area contributed by atoms with Gasteiger partial charge in [0.05, 0.1) is 0 Å². The van der Waals surface area contributed by atoms with Crippen molar-refractivity contribution in [2.75, 3.05) is 0 Å². The molecule has 0 spiro atoms. The van der Waals surface area contributed by atoms with E-state index in [0.29, 0.717) is 22.5 Å². The number of nitriles is 1. The molecule has 0 aliphatic heterocycles. The molecule has 92 valence electrons. The van der Waals surface area contributed by atoms with Crippen molar-refractivity contribution in [2.45, 2.75) is 6.92 Å². The molecule has 0 atom stereocenters. The minimum Gasteiger partial charge on any atom is -0.241 e. The van der Waals surface area contributed by atoms with E-state index in [1.54, 1.807) is 25.3 Å². The maximum Gasteiger partial charge on any atom is 0.152 e. The van der Waals surface area contributed by atoms with Crippen LogP contribution in [0, 0.1) is 24.1 Å². The van der Waals surface area contributed by atoms with Crippen LogP contribution < -0.4 is 0 Å². The summed E-state index contributed by atoms with van der Waals surface area (Å²) in [6.45, 7) is 1.73. The zero-order valence-electron chi connectivity index (χ0n) is 10.0. The summed E-state index contributed by atoms with van der Waals surface area (Å²) in [5, 5.41) is 9.69. The van der Waals surface area contributed by atoms with Crippen LogP contribution >= 0.6 is 11.3 Å². The number of fused-ring (bicyclic) bond motifs is 1. The predicted molar refractivity (Wildman–Crippen MR) is 72.3 cm³/mol. The highest BCUT2D eigenvalue weighted by atomic mass is 32.1. The van der Waals surface area contributed by atoms with Gasteiger partial charge in [-0.1, -0.05) is 6.07 Å². The Morgan fingerprint density at radius 1 is 1.37 bits per heavy atom. The van der Waals surface area contributed by atoms with Crippen molar-refractivity contribution in [3.05, 3.63) is 47.8 Å². The molecule has 0 aliphatic carbocycles. The molecule has 0 unspecified atom stereocenters. The van der Waals surface area contributed by atoms with Crippen molar-refractivity contribution < 1.29 is 4.39 Å². The van der Waals surface area contributed by atoms with Crippen LogP contribution in [0.5, 0.6) is 0 Å². The molecule has 2 aromatic heterocycles. The normalized spacial score (nSPS) is 10.6. The molecule has 0 radical (unpaired) electrons. The van der Waals surface area contributed by atoms with Gasteiger partial charge in [-0.15, -0.1) is 11.3 Å². The lowest BCUT2D eigenvalue weighted by Crippen LogP contribution is -1.93. The fourth-order valence-corrected chi connectivity index (χ4v) is 2.98. The van der Waals surface area contributed by atoms with Gasteiger partial charge in [0.25, 0.3) is 0 Å². The first kappa shape index (κ1) is 11.8. The molecule has 1 aromatic carbocycles. The largest absolute Gasteiger partial charge is 0.241 e. The van der Waals surface area contributed by atoms with Crippen LogP contribution in [0.1, 0.15) is 11.5 Å². The molecule has 3 aromatic rings. The Labute approximate surface area is 113 Å². The van der Waals surface area contributed by atoms with E-state index in [0.717, 1.165) is 9.58 Å². The van der Waals surface area contributed by atoms with Crippen molar-refractivity contribution in [1.82, 2.24) is 9.97 Å². The van der Waals surface area contributed by atoms with Crippen LogP contribution in [-0.4, -0.2) is 9.97 Å². The third-order valence-corrected chi connectivity index (χ3v) is 3.92. The molecular formula is C14H8FN3S.